The minimum Gasteiger partial charge on any atom is -0.369 e. The number of hydrogen-bond donors (Lipinski definition) is 2. The molecule has 0 bridgehead atoms. The SMILES string of the molecule is CCCSc1nc(NCC(C)C)c2cnn(CCNC(=O)C3CCCC3)c2n1. The summed E-state index contributed by atoms with van der Waals surface area (Å²) in [5, 5.41) is 12.7. The highest BCUT2D eigenvalue weighted by molar-refractivity contribution is 7.99. The third kappa shape index (κ3) is 5.37. The van der Waals surface area contributed by atoms with E-state index >= 15 is 0 Å². The fourth-order valence-electron chi connectivity index (χ4n) is 3.41. The molecule has 28 heavy (non-hydrogen) atoms. The van der Waals surface area contributed by atoms with Crippen molar-refractivity contribution in [3.05, 3.63) is 6.20 Å². The van der Waals surface area contributed by atoms with Crippen molar-refractivity contribution < 1.29 is 4.79 Å². The molecule has 2 heterocycles. The average molecular weight is 405 g/mol. The molecule has 2 aromatic rings. The molecule has 0 unspecified atom stereocenters. The lowest BCUT2D eigenvalue weighted by molar-refractivity contribution is -0.124. The first-order valence-electron chi connectivity index (χ1n) is 10.5. The highest BCUT2D eigenvalue weighted by atomic mass is 32.2. The number of fused-ring (bicyclic) bond motifs is 1. The van der Waals surface area contributed by atoms with Crippen LogP contribution in [0.1, 0.15) is 52.9 Å². The second-order valence-electron chi connectivity index (χ2n) is 7.86. The van der Waals surface area contributed by atoms with Gasteiger partial charge in [-0.3, -0.25) is 4.79 Å². The summed E-state index contributed by atoms with van der Waals surface area (Å²) in [6.45, 7) is 8.54. The number of nitrogens with zero attached hydrogens (tertiary/aromatic N) is 4. The van der Waals surface area contributed by atoms with Crippen LogP contribution in [0.15, 0.2) is 11.4 Å². The number of thioether (sulfide) groups is 1. The minimum absolute atomic E-state index is 0.182. The topological polar surface area (TPSA) is 84.7 Å². The third-order valence-electron chi connectivity index (χ3n) is 4.94. The van der Waals surface area contributed by atoms with E-state index < -0.39 is 0 Å². The Morgan fingerprint density at radius 2 is 2.11 bits per heavy atom. The number of hydrogen-bond acceptors (Lipinski definition) is 6. The second kappa shape index (κ2) is 10.1. The molecule has 2 N–H and O–H groups in total. The lowest BCUT2D eigenvalue weighted by atomic mass is 10.1. The van der Waals surface area contributed by atoms with Crippen molar-refractivity contribution in [2.24, 2.45) is 11.8 Å². The standard InChI is InChI=1S/C20H32N6OS/c1-4-11-28-20-24-17(22-12-14(2)3)16-13-23-26(18(16)25-20)10-9-21-19(27)15-7-5-6-8-15/h13-15H,4-12H2,1-3H3,(H,21,27)(H,22,24,25). The molecule has 2 aromatic heterocycles. The molecule has 0 aliphatic heterocycles. The number of aromatic nitrogens is 4. The molecule has 154 valence electrons. The molecule has 0 atom stereocenters. The summed E-state index contributed by atoms with van der Waals surface area (Å²) in [6.07, 6.45) is 7.28. The lowest BCUT2D eigenvalue weighted by Gasteiger charge is -2.12. The number of rotatable bonds is 10. The van der Waals surface area contributed by atoms with Crippen molar-refractivity contribution in [1.29, 1.82) is 0 Å². The molecule has 1 saturated carbocycles. The van der Waals surface area contributed by atoms with Gasteiger partial charge in [-0.2, -0.15) is 5.10 Å². The van der Waals surface area contributed by atoms with E-state index in [1.165, 1.54) is 12.8 Å². The van der Waals surface area contributed by atoms with Crippen LogP contribution in [-0.4, -0.2) is 44.5 Å². The van der Waals surface area contributed by atoms with Crippen molar-refractivity contribution >= 4 is 34.5 Å². The predicted molar refractivity (Wildman–Crippen MR) is 115 cm³/mol. The van der Waals surface area contributed by atoms with Crippen molar-refractivity contribution in [2.75, 3.05) is 24.2 Å². The van der Waals surface area contributed by atoms with Crippen LogP contribution < -0.4 is 10.6 Å². The molecular formula is C20H32N6OS. The van der Waals surface area contributed by atoms with Gasteiger partial charge in [-0.25, -0.2) is 14.6 Å². The van der Waals surface area contributed by atoms with Gasteiger partial charge in [-0.1, -0.05) is 45.4 Å². The number of carbonyl (C=O) groups is 1. The van der Waals surface area contributed by atoms with Gasteiger partial charge in [0.25, 0.3) is 0 Å². The molecule has 0 radical (unpaired) electrons. The number of carbonyl (C=O) groups excluding carboxylic acids is 1. The van der Waals surface area contributed by atoms with Gasteiger partial charge in [0.1, 0.15) is 5.82 Å². The van der Waals surface area contributed by atoms with Crippen LogP contribution in [-0.2, 0) is 11.3 Å². The third-order valence-corrected chi connectivity index (χ3v) is 5.99. The fraction of sp³-hybridized carbons (Fsp3) is 0.700. The van der Waals surface area contributed by atoms with Gasteiger partial charge >= 0.3 is 0 Å². The van der Waals surface area contributed by atoms with Crippen LogP contribution in [0, 0.1) is 11.8 Å². The summed E-state index contributed by atoms with van der Waals surface area (Å²) in [6, 6.07) is 0. The largest absolute Gasteiger partial charge is 0.369 e. The zero-order valence-corrected chi connectivity index (χ0v) is 18.0. The fourth-order valence-corrected chi connectivity index (χ4v) is 4.10. The maximum atomic E-state index is 12.2. The van der Waals surface area contributed by atoms with Crippen LogP contribution >= 0.6 is 11.8 Å². The van der Waals surface area contributed by atoms with Crippen molar-refractivity contribution in [3.63, 3.8) is 0 Å². The van der Waals surface area contributed by atoms with Gasteiger partial charge in [-0.05, 0) is 25.2 Å². The first-order valence-corrected chi connectivity index (χ1v) is 11.4. The van der Waals surface area contributed by atoms with Crippen molar-refractivity contribution in [3.8, 4) is 0 Å². The zero-order chi connectivity index (χ0) is 19.9. The molecule has 0 spiro atoms. The van der Waals surface area contributed by atoms with Crippen LogP contribution in [0.2, 0.25) is 0 Å². The van der Waals surface area contributed by atoms with E-state index in [9.17, 15) is 4.79 Å². The highest BCUT2D eigenvalue weighted by Gasteiger charge is 2.22. The first-order chi connectivity index (χ1) is 13.6. The number of nitrogens with one attached hydrogen (secondary N) is 2. The molecule has 1 fully saturated rings. The first kappa shape index (κ1) is 20.9. The zero-order valence-electron chi connectivity index (χ0n) is 17.2. The molecule has 1 amide bonds. The normalized spacial score (nSPS) is 14.9. The van der Waals surface area contributed by atoms with Gasteiger partial charge in [0.15, 0.2) is 10.8 Å². The summed E-state index contributed by atoms with van der Waals surface area (Å²) in [7, 11) is 0. The van der Waals surface area contributed by atoms with E-state index in [0.717, 1.165) is 53.6 Å². The van der Waals surface area contributed by atoms with Crippen molar-refractivity contribution in [2.45, 2.75) is 64.6 Å². The summed E-state index contributed by atoms with van der Waals surface area (Å²) in [4.78, 5) is 21.7. The Balaban J connectivity index is 1.72. The van der Waals surface area contributed by atoms with Crippen molar-refractivity contribution in [1.82, 2.24) is 25.1 Å². The van der Waals surface area contributed by atoms with Crippen LogP contribution in [0.3, 0.4) is 0 Å². The van der Waals surface area contributed by atoms with E-state index in [-0.39, 0.29) is 11.8 Å². The molecule has 0 aromatic carbocycles. The van der Waals surface area contributed by atoms with E-state index in [2.05, 4.69) is 36.5 Å². The number of anilines is 1. The smallest absolute Gasteiger partial charge is 0.223 e. The molecule has 7 nitrogen and oxygen atoms in total. The Labute approximate surface area is 171 Å². The summed E-state index contributed by atoms with van der Waals surface area (Å²) in [5.74, 6) is 2.74. The molecule has 0 saturated heterocycles. The van der Waals surface area contributed by atoms with E-state index in [4.69, 9.17) is 9.97 Å². The van der Waals surface area contributed by atoms with Gasteiger partial charge in [0.2, 0.25) is 5.91 Å². The minimum atomic E-state index is 0.182. The number of amides is 1. The predicted octanol–water partition coefficient (Wildman–Crippen LogP) is 3.70. The molecule has 3 rings (SSSR count). The molecule has 8 heteroatoms. The van der Waals surface area contributed by atoms with E-state index in [1.807, 2.05) is 10.9 Å². The monoisotopic (exact) mass is 404 g/mol. The Hall–Kier alpha value is -1.83. The summed E-state index contributed by atoms with van der Waals surface area (Å²) < 4.78 is 1.88. The quantitative estimate of drug-likeness (QED) is 0.464. The molecule has 1 aliphatic carbocycles. The Kier molecular flexibility index (Phi) is 7.53. The summed E-state index contributed by atoms with van der Waals surface area (Å²) >= 11 is 1.67. The average Bonchev–Trinajstić information content (AvgIpc) is 3.35. The van der Waals surface area contributed by atoms with Crippen LogP contribution in [0.4, 0.5) is 5.82 Å². The van der Waals surface area contributed by atoms with E-state index in [0.29, 0.717) is 19.0 Å². The second-order valence-corrected chi connectivity index (χ2v) is 8.92. The Morgan fingerprint density at radius 1 is 1.32 bits per heavy atom. The Bertz CT molecular complexity index is 784. The highest BCUT2D eigenvalue weighted by Crippen LogP contribution is 2.26. The van der Waals surface area contributed by atoms with Gasteiger partial charge in [-0.15, -0.1) is 0 Å². The maximum absolute atomic E-state index is 12.2. The maximum Gasteiger partial charge on any atom is 0.223 e. The molecular weight excluding hydrogens is 372 g/mol. The van der Waals surface area contributed by atoms with E-state index in [1.54, 1.807) is 11.8 Å². The molecule has 1 aliphatic rings. The van der Waals surface area contributed by atoms with Gasteiger partial charge < -0.3 is 10.6 Å². The Morgan fingerprint density at radius 3 is 2.82 bits per heavy atom. The van der Waals surface area contributed by atoms with Crippen LogP contribution in [0.25, 0.3) is 11.0 Å². The van der Waals surface area contributed by atoms with Gasteiger partial charge in [0, 0.05) is 24.8 Å². The summed E-state index contributed by atoms with van der Waals surface area (Å²) in [5.41, 5.74) is 0.829. The van der Waals surface area contributed by atoms with Gasteiger partial charge in [0.05, 0.1) is 18.1 Å². The lowest BCUT2D eigenvalue weighted by Crippen LogP contribution is -2.32. The van der Waals surface area contributed by atoms with Crippen LogP contribution in [0.5, 0.6) is 0 Å².